The van der Waals surface area contributed by atoms with E-state index in [-0.39, 0.29) is 24.4 Å². The van der Waals surface area contributed by atoms with Gasteiger partial charge in [0, 0.05) is 19.1 Å². The first kappa shape index (κ1) is 13.8. The van der Waals surface area contributed by atoms with Crippen molar-refractivity contribution < 1.29 is 14.4 Å². The average Bonchev–Trinajstić information content (AvgIpc) is 2.52. The molecular weight excluding hydrogens is 248 g/mol. The molecule has 0 aromatic heterocycles. The number of imide groups is 1. The highest BCUT2D eigenvalue weighted by atomic mass is 16.2. The molecule has 2 heterocycles. The number of hydrogen-bond acceptors (Lipinski definition) is 4. The maximum absolute atomic E-state index is 12.2. The molecule has 0 aliphatic carbocycles. The summed E-state index contributed by atoms with van der Waals surface area (Å²) >= 11 is 0. The maximum Gasteiger partial charge on any atom is 0.325 e. The smallest absolute Gasteiger partial charge is 0.325 e. The molecule has 0 aromatic carbocycles. The number of carbonyl (C=O) groups is 3. The third-order valence-electron chi connectivity index (χ3n) is 3.80. The fourth-order valence-corrected chi connectivity index (χ4v) is 2.44. The Hall–Kier alpha value is -1.63. The Kier molecular flexibility index (Phi) is 3.49. The van der Waals surface area contributed by atoms with E-state index in [2.05, 4.69) is 5.32 Å². The van der Waals surface area contributed by atoms with Gasteiger partial charge in [-0.25, -0.2) is 4.79 Å². The number of rotatable bonds is 2. The lowest BCUT2D eigenvalue weighted by Crippen LogP contribution is -2.52. The molecule has 0 saturated carbocycles. The van der Waals surface area contributed by atoms with Crippen molar-refractivity contribution in [3.8, 4) is 0 Å². The van der Waals surface area contributed by atoms with E-state index in [1.807, 2.05) is 0 Å². The summed E-state index contributed by atoms with van der Waals surface area (Å²) < 4.78 is 0. The zero-order valence-corrected chi connectivity index (χ0v) is 11.3. The molecule has 19 heavy (non-hydrogen) atoms. The lowest BCUT2D eigenvalue weighted by atomic mass is 10.0. The highest BCUT2D eigenvalue weighted by molar-refractivity contribution is 6.07. The number of carbonyl (C=O) groups excluding carboxylic acids is 3. The van der Waals surface area contributed by atoms with Gasteiger partial charge in [0.2, 0.25) is 5.91 Å². The lowest BCUT2D eigenvalue weighted by Gasteiger charge is -2.34. The maximum atomic E-state index is 12.2. The Labute approximate surface area is 112 Å². The molecule has 7 nitrogen and oxygen atoms in total. The first-order valence-corrected chi connectivity index (χ1v) is 6.49. The summed E-state index contributed by atoms with van der Waals surface area (Å²) in [5.41, 5.74) is 4.85. The van der Waals surface area contributed by atoms with Crippen LogP contribution >= 0.6 is 0 Å². The number of likely N-dealkylation sites (tertiary alicyclic amines) is 1. The van der Waals surface area contributed by atoms with Crippen molar-refractivity contribution in [3.05, 3.63) is 0 Å². The quantitative estimate of drug-likeness (QED) is 0.645. The molecular formula is C12H20N4O3. The summed E-state index contributed by atoms with van der Waals surface area (Å²) in [6.07, 6.45) is 1.79. The van der Waals surface area contributed by atoms with Crippen LogP contribution in [0, 0.1) is 0 Å². The van der Waals surface area contributed by atoms with Crippen LogP contribution < -0.4 is 11.1 Å². The van der Waals surface area contributed by atoms with Crippen LogP contribution in [-0.4, -0.2) is 58.9 Å². The third kappa shape index (κ3) is 2.56. The number of amides is 4. The fraction of sp³-hybridized carbons (Fsp3) is 0.750. The first-order chi connectivity index (χ1) is 8.82. The van der Waals surface area contributed by atoms with Crippen molar-refractivity contribution in [1.29, 1.82) is 0 Å². The Morgan fingerprint density at radius 2 is 2.16 bits per heavy atom. The lowest BCUT2D eigenvalue weighted by molar-refractivity contribution is -0.134. The van der Waals surface area contributed by atoms with E-state index < -0.39 is 11.6 Å². The van der Waals surface area contributed by atoms with Crippen molar-refractivity contribution in [2.75, 3.05) is 19.6 Å². The molecule has 0 unspecified atom stereocenters. The first-order valence-electron chi connectivity index (χ1n) is 6.49. The molecule has 2 saturated heterocycles. The van der Waals surface area contributed by atoms with Crippen LogP contribution in [0.25, 0.3) is 0 Å². The van der Waals surface area contributed by atoms with Crippen LogP contribution in [0.4, 0.5) is 4.79 Å². The van der Waals surface area contributed by atoms with Crippen LogP contribution in [0.1, 0.15) is 26.7 Å². The molecule has 3 N–H and O–H groups in total. The van der Waals surface area contributed by atoms with Gasteiger partial charge in [0.25, 0.3) is 5.91 Å². The van der Waals surface area contributed by atoms with Crippen molar-refractivity contribution in [3.63, 3.8) is 0 Å². The van der Waals surface area contributed by atoms with Gasteiger partial charge in [-0.3, -0.25) is 14.9 Å². The molecule has 2 fully saturated rings. The normalized spacial score (nSPS) is 26.6. The molecule has 4 amide bonds. The number of urea groups is 1. The SMILES string of the molecule is CC1(C)C(=O)NC(=O)N1CC(=O)N1CCC[C@H](N)C1. The van der Waals surface area contributed by atoms with E-state index in [4.69, 9.17) is 5.73 Å². The summed E-state index contributed by atoms with van der Waals surface area (Å²) in [7, 11) is 0. The largest absolute Gasteiger partial charge is 0.340 e. The topological polar surface area (TPSA) is 95.7 Å². The van der Waals surface area contributed by atoms with Crippen molar-refractivity contribution in [1.82, 2.24) is 15.1 Å². The van der Waals surface area contributed by atoms with Gasteiger partial charge < -0.3 is 15.5 Å². The van der Waals surface area contributed by atoms with Gasteiger partial charge in [-0.05, 0) is 26.7 Å². The van der Waals surface area contributed by atoms with Crippen LogP contribution in [0.2, 0.25) is 0 Å². The molecule has 0 bridgehead atoms. The monoisotopic (exact) mass is 268 g/mol. The number of nitrogens with one attached hydrogen (secondary N) is 1. The van der Waals surface area contributed by atoms with Gasteiger partial charge in [0.05, 0.1) is 0 Å². The van der Waals surface area contributed by atoms with Gasteiger partial charge in [-0.15, -0.1) is 0 Å². The zero-order valence-electron chi connectivity index (χ0n) is 11.3. The number of piperidine rings is 1. The molecule has 106 valence electrons. The summed E-state index contributed by atoms with van der Waals surface area (Å²) in [6.45, 7) is 4.35. The van der Waals surface area contributed by atoms with Gasteiger partial charge >= 0.3 is 6.03 Å². The predicted molar refractivity (Wildman–Crippen MR) is 68.1 cm³/mol. The molecule has 1 atom stereocenters. The van der Waals surface area contributed by atoms with Crippen molar-refractivity contribution >= 4 is 17.8 Å². The molecule has 2 aliphatic rings. The number of hydrogen-bond donors (Lipinski definition) is 2. The summed E-state index contributed by atoms with van der Waals surface area (Å²) in [5.74, 6) is -0.534. The minimum atomic E-state index is -0.982. The minimum absolute atomic E-state index is 0.000234. The highest BCUT2D eigenvalue weighted by Crippen LogP contribution is 2.21. The van der Waals surface area contributed by atoms with Gasteiger partial charge in [0.1, 0.15) is 12.1 Å². The Bertz CT molecular complexity index is 421. The van der Waals surface area contributed by atoms with Crippen LogP contribution in [0.3, 0.4) is 0 Å². The van der Waals surface area contributed by atoms with E-state index in [0.717, 1.165) is 12.8 Å². The Morgan fingerprint density at radius 1 is 1.47 bits per heavy atom. The van der Waals surface area contributed by atoms with Gasteiger partial charge in [0.15, 0.2) is 0 Å². The van der Waals surface area contributed by atoms with E-state index in [0.29, 0.717) is 13.1 Å². The minimum Gasteiger partial charge on any atom is -0.340 e. The summed E-state index contributed by atoms with van der Waals surface area (Å²) in [6, 6.07) is -0.510. The number of nitrogens with two attached hydrogens (primary N) is 1. The fourth-order valence-electron chi connectivity index (χ4n) is 2.44. The molecule has 2 rings (SSSR count). The molecule has 0 radical (unpaired) electrons. The van der Waals surface area contributed by atoms with E-state index in [9.17, 15) is 14.4 Å². The number of nitrogens with zero attached hydrogens (tertiary/aromatic N) is 2. The second kappa shape index (κ2) is 4.80. The average molecular weight is 268 g/mol. The van der Waals surface area contributed by atoms with Gasteiger partial charge in [-0.1, -0.05) is 0 Å². The van der Waals surface area contributed by atoms with Crippen LogP contribution in [0.15, 0.2) is 0 Å². The standard InChI is InChI=1S/C12H20N4O3/c1-12(2)10(18)14-11(19)16(12)7-9(17)15-5-3-4-8(13)6-15/h8H,3-7,13H2,1-2H3,(H,14,18,19)/t8-/m0/s1. The van der Waals surface area contributed by atoms with E-state index in [1.54, 1.807) is 18.7 Å². The van der Waals surface area contributed by atoms with E-state index >= 15 is 0 Å². The van der Waals surface area contributed by atoms with Crippen molar-refractivity contribution in [2.24, 2.45) is 5.73 Å². The highest BCUT2D eigenvalue weighted by Gasteiger charge is 2.46. The molecule has 2 aliphatic heterocycles. The van der Waals surface area contributed by atoms with Crippen LogP contribution in [-0.2, 0) is 9.59 Å². The van der Waals surface area contributed by atoms with E-state index in [1.165, 1.54) is 4.90 Å². The predicted octanol–water partition coefficient (Wildman–Crippen LogP) is -0.733. The van der Waals surface area contributed by atoms with Crippen molar-refractivity contribution in [2.45, 2.75) is 38.3 Å². The van der Waals surface area contributed by atoms with Crippen LogP contribution in [0.5, 0.6) is 0 Å². The van der Waals surface area contributed by atoms with Gasteiger partial charge in [-0.2, -0.15) is 0 Å². The Morgan fingerprint density at radius 3 is 2.68 bits per heavy atom. The second-order valence-corrected chi connectivity index (χ2v) is 5.65. The Balaban J connectivity index is 2.02. The third-order valence-corrected chi connectivity index (χ3v) is 3.80. The molecule has 7 heteroatoms. The molecule has 0 spiro atoms. The zero-order chi connectivity index (χ0) is 14.2. The molecule has 0 aromatic rings. The second-order valence-electron chi connectivity index (χ2n) is 5.65. The summed E-state index contributed by atoms with van der Waals surface area (Å²) in [5, 5.41) is 2.23. The summed E-state index contributed by atoms with van der Waals surface area (Å²) in [4.78, 5) is 38.4.